The number of aryl methyl sites for hydroxylation is 1. The summed E-state index contributed by atoms with van der Waals surface area (Å²) in [5.41, 5.74) is 13.9. The molecule has 1 aromatic carbocycles. The smallest absolute Gasteiger partial charge is 0.293 e. The van der Waals surface area contributed by atoms with Gasteiger partial charge in [0.15, 0.2) is 0 Å². The number of aromatic nitrogens is 3. The van der Waals surface area contributed by atoms with Crippen LogP contribution in [-0.4, -0.2) is 154 Å². The lowest BCUT2D eigenvalue weighted by atomic mass is 9.75. The zero-order valence-corrected chi connectivity index (χ0v) is 49.1. The molecule has 17 nitrogen and oxygen atoms in total. The molecule has 3 saturated heterocycles. The molecule has 3 aromatic heterocycles. The highest BCUT2D eigenvalue weighted by molar-refractivity contribution is 5.95. The molecule has 4 fully saturated rings. The van der Waals surface area contributed by atoms with E-state index in [1.807, 2.05) is 30.6 Å². The van der Waals surface area contributed by atoms with Crippen molar-refractivity contribution in [1.82, 2.24) is 40.5 Å². The van der Waals surface area contributed by atoms with Crippen LogP contribution >= 0.6 is 0 Å². The number of anilines is 2. The van der Waals surface area contributed by atoms with Crippen LogP contribution in [0.2, 0.25) is 0 Å². The third-order valence-corrected chi connectivity index (χ3v) is 17.8. The standard InChI is InChI=1S/C62H94N10O7/c1-10-62(40-78-41-62)24-22-46(53(16-13-15-26-65-66-42-73)67-60(75)58(44(3)4)72-32-33-77-38-56(72)54-17-12-14-25-63-54)23-27-68(8)48-20-21-55-50(34-48)52(36-61(6,7)39-79-43-74)59(71(55)11-2)51-35-49(37-64-57(51)45(5)76-9)70-30-28-69(29-31-70)47-18-19-47/h12,14,17,20-21,25,34-35,37,42-47,53,56,58,65H,10-11,13,15-16,18-19,22-24,26-33,36,38-41H2,1-9H3,(H,66,73)(H,67,75). The second-order valence-electron chi connectivity index (χ2n) is 24.2. The third-order valence-electron chi connectivity index (χ3n) is 17.8. The number of hydrogen-bond donors (Lipinski definition) is 3. The number of methoxy groups -OCH3 is 1. The summed E-state index contributed by atoms with van der Waals surface area (Å²) in [5.74, 6) is 0.260. The minimum atomic E-state index is -0.383. The quantitative estimate of drug-likeness (QED) is 0.0242. The number of piperazine rings is 1. The minimum Gasteiger partial charge on any atom is -0.467 e. The van der Waals surface area contributed by atoms with Crippen molar-refractivity contribution in [3.63, 3.8) is 0 Å². The molecule has 3 N–H and O–H groups in total. The fraction of sp³-hybridized carbons (Fsp3) is 0.661. The van der Waals surface area contributed by atoms with Crippen LogP contribution in [0.5, 0.6) is 0 Å². The lowest BCUT2D eigenvalue weighted by molar-refractivity contribution is -0.135. The Morgan fingerprint density at radius 2 is 1.77 bits per heavy atom. The minimum absolute atomic E-state index is 0.0394. The van der Waals surface area contributed by atoms with Gasteiger partial charge in [-0.2, -0.15) is 0 Å². The number of rotatable bonds is 32. The SMILES string of the molecule is CCn1c(-c2cc(N3CCN(C4CC4)CC3)cnc2C(C)OC)c(CC(C)(C)COC=O)c2cc(N(C)CCC(CCC3(CC)COC3)C(CCCCNNC=O)NC(=O)C(C(C)C)N3CCOCC3c3ccccn3)ccc21. The van der Waals surface area contributed by atoms with Crippen LogP contribution in [0.25, 0.3) is 22.2 Å². The van der Waals surface area contributed by atoms with E-state index >= 15 is 4.79 Å². The fourth-order valence-corrected chi connectivity index (χ4v) is 12.7. The Kier molecular flexibility index (Phi) is 21.3. The first kappa shape index (κ1) is 59.9. The van der Waals surface area contributed by atoms with Crippen molar-refractivity contribution in [3.8, 4) is 11.3 Å². The van der Waals surface area contributed by atoms with Gasteiger partial charge in [0.2, 0.25) is 12.3 Å². The van der Waals surface area contributed by atoms with Gasteiger partial charge in [0.05, 0.1) is 80.2 Å². The summed E-state index contributed by atoms with van der Waals surface area (Å²) in [6.07, 6.45) is 14.0. The van der Waals surface area contributed by atoms with Gasteiger partial charge in [-0.15, -0.1) is 0 Å². The van der Waals surface area contributed by atoms with E-state index in [9.17, 15) is 9.59 Å². The first-order valence-corrected chi connectivity index (χ1v) is 29.7. The molecule has 1 aliphatic carbocycles. The number of unbranched alkanes of at least 4 members (excludes halogenated alkanes) is 1. The fourth-order valence-electron chi connectivity index (χ4n) is 12.7. The van der Waals surface area contributed by atoms with Gasteiger partial charge in [0, 0.05) is 118 Å². The summed E-state index contributed by atoms with van der Waals surface area (Å²) in [7, 11) is 3.95. The van der Waals surface area contributed by atoms with E-state index in [0.29, 0.717) is 45.6 Å². The second-order valence-corrected chi connectivity index (χ2v) is 24.2. The second kappa shape index (κ2) is 28.0. The van der Waals surface area contributed by atoms with Gasteiger partial charge < -0.3 is 38.6 Å². The molecule has 5 atom stereocenters. The summed E-state index contributed by atoms with van der Waals surface area (Å²) >= 11 is 0. The maximum atomic E-state index is 15.2. The summed E-state index contributed by atoms with van der Waals surface area (Å²) in [4.78, 5) is 57.7. The summed E-state index contributed by atoms with van der Waals surface area (Å²) in [6, 6.07) is 15.4. The maximum absolute atomic E-state index is 15.2. The van der Waals surface area contributed by atoms with E-state index in [1.54, 1.807) is 7.11 Å². The molecule has 4 aromatic rings. The normalized spacial score (nSPS) is 19.6. The molecule has 79 heavy (non-hydrogen) atoms. The Balaban J connectivity index is 1.13. The molecule has 6 heterocycles. The Hall–Kier alpha value is -5.17. The number of carbonyl (C=O) groups is 3. The number of benzene rings is 1. The first-order chi connectivity index (χ1) is 38.2. The Morgan fingerprint density at radius 3 is 2.43 bits per heavy atom. The van der Waals surface area contributed by atoms with Crippen molar-refractivity contribution in [2.45, 2.75) is 149 Å². The van der Waals surface area contributed by atoms with Crippen LogP contribution in [-0.2, 0) is 46.3 Å². The van der Waals surface area contributed by atoms with E-state index in [1.165, 1.54) is 23.8 Å². The average Bonchev–Trinajstić information content (AvgIpc) is 4.46. The molecule has 4 aliphatic rings. The lowest BCUT2D eigenvalue weighted by Crippen LogP contribution is -2.57. The molecule has 2 amide bonds. The van der Waals surface area contributed by atoms with Gasteiger partial charge >= 0.3 is 0 Å². The van der Waals surface area contributed by atoms with Crippen molar-refractivity contribution in [1.29, 1.82) is 0 Å². The van der Waals surface area contributed by atoms with Gasteiger partial charge in [-0.3, -0.25) is 39.6 Å². The molecule has 0 bridgehead atoms. The van der Waals surface area contributed by atoms with E-state index in [2.05, 4.69) is 120 Å². The Morgan fingerprint density at radius 1 is 0.975 bits per heavy atom. The van der Waals surface area contributed by atoms with Crippen LogP contribution in [0, 0.1) is 22.7 Å². The molecular weight excluding hydrogens is 997 g/mol. The number of morpholine rings is 1. The molecule has 3 aliphatic heterocycles. The number of nitrogens with zero attached hydrogens (tertiary/aromatic N) is 7. The van der Waals surface area contributed by atoms with Crippen LogP contribution < -0.4 is 26.0 Å². The summed E-state index contributed by atoms with van der Waals surface area (Å²) < 4.78 is 25.9. The summed E-state index contributed by atoms with van der Waals surface area (Å²) in [6.45, 7) is 25.5. The number of carbonyl (C=O) groups excluding carboxylic acids is 3. The maximum Gasteiger partial charge on any atom is 0.293 e. The predicted octanol–water partition coefficient (Wildman–Crippen LogP) is 8.50. The molecule has 8 rings (SSSR count). The van der Waals surface area contributed by atoms with Crippen molar-refractivity contribution in [3.05, 3.63) is 71.8 Å². The van der Waals surface area contributed by atoms with E-state index in [4.69, 9.17) is 28.9 Å². The topological polar surface area (TPSA) is 168 Å². The van der Waals surface area contributed by atoms with Gasteiger partial charge in [0.1, 0.15) is 0 Å². The highest BCUT2D eigenvalue weighted by Gasteiger charge is 2.41. The Labute approximate surface area is 471 Å². The van der Waals surface area contributed by atoms with Gasteiger partial charge in [-0.25, -0.2) is 5.43 Å². The number of hydrazine groups is 1. The molecular formula is C62H94N10O7. The van der Waals surface area contributed by atoms with Crippen LogP contribution in [0.4, 0.5) is 11.4 Å². The molecule has 1 saturated carbocycles. The molecule has 0 spiro atoms. The number of pyridine rings is 2. The number of amides is 2. The molecule has 434 valence electrons. The third kappa shape index (κ3) is 14.9. The van der Waals surface area contributed by atoms with E-state index < -0.39 is 0 Å². The van der Waals surface area contributed by atoms with E-state index in [-0.39, 0.29) is 59.4 Å². The van der Waals surface area contributed by atoms with Crippen molar-refractivity contribution in [2.24, 2.45) is 22.7 Å². The predicted molar refractivity (Wildman–Crippen MR) is 313 cm³/mol. The highest BCUT2D eigenvalue weighted by atomic mass is 16.5. The molecule has 5 unspecified atom stereocenters. The zero-order chi connectivity index (χ0) is 56.1. The summed E-state index contributed by atoms with van der Waals surface area (Å²) in [5, 5.41) is 4.90. The van der Waals surface area contributed by atoms with E-state index in [0.717, 1.165) is 143 Å². The lowest BCUT2D eigenvalue weighted by Gasteiger charge is -2.43. The van der Waals surface area contributed by atoms with Gasteiger partial charge in [0.25, 0.3) is 6.47 Å². The molecule has 0 radical (unpaired) electrons. The first-order valence-electron chi connectivity index (χ1n) is 29.7. The van der Waals surface area contributed by atoms with Crippen molar-refractivity contribution < 1.29 is 33.3 Å². The zero-order valence-electron chi connectivity index (χ0n) is 49.1. The van der Waals surface area contributed by atoms with Gasteiger partial charge in [-0.05, 0) is 125 Å². The monoisotopic (exact) mass is 1090 g/mol. The molecule has 17 heteroatoms. The van der Waals surface area contributed by atoms with Crippen LogP contribution in [0.3, 0.4) is 0 Å². The average molecular weight is 1090 g/mol. The van der Waals surface area contributed by atoms with Crippen molar-refractivity contribution in [2.75, 3.05) is 103 Å². The number of ether oxygens (including phenoxy) is 4. The number of hydrogen-bond acceptors (Lipinski definition) is 14. The number of nitrogens with one attached hydrogen (secondary N) is 3. The Bertz CT molecular complexity index is 2570. The van der Waals surface area contributed by atoms with Crippen LogP contribution in [0.15, 0.2) is 54.9 Å². The number of fused-ring (bicyclic) bond motifs is 1. The van der Waals surface area contributed by atoms with Crippen molar-refractivity contribution >= 4 is 41.1 Å². The van der Waals surface area contributed by atoms with Gasteiger partial charge in [-0.1, -0.05) is 47.1 Å². The largest absolute Gasteiger partial charge is 0.467 e. The highest BCUT2D eigenvalue weighted by Crippen LogP contribution is 2.44. The van der Waals surface area contributed by atoms with Crippen LogP contribution in [0.1, 0.15) is 135 Å².